The third kappa shape index (κ3) is 3.73. The second-order valence-electron chi connectivity index (χ2n) is 6.95. The van der Waals surface area contributed by atoms with E-state index in [4.69, 9.17) is 5.73 Å². The highest BCUT2D eigenvalue weighted by atomic mass is 32.2. The van der Waals surface area contributed by atoms with Crippen LogP contribution in [0, 0.1) is 6.92 Å². The molecule has 0 unspecified atom stereocenters. The summed E-state index contributed by atoms with van der Waals surface area (Å²) in [6.07, 6.45) is 2.10. The van der Waals surface area contributed by atoms with E-state index < -0.39 is 9.84 Å². The number of amides is 1. The number of fused-ring (bicyclic) bond motifs is 1. The number of thiazole rings is 1. The third-order valence-corrected chi connectivity index (χ3v) is 7.47. The first kappa shape index (κ1) is 18.3. The lowest BCUT2D eigenvalue weighted by molar-refractivity contribution is 0.0371. The first-order valence-electron chi connectivity index (χ1n) is 8.29. The zero-order valence-electron chi connectivity index (χ0n) is 14.7. The number of rotatable bonds is 3. The second kappa shape index (κ2) is 6.69. The van der Waals surface area contributed by atoms with Crippen LogP contribution >= 0.6 is 11.3 Å². The van der Waals surface area contributed by atoms with E-state index in [0.29, 0.717) is 35.3 Å². The van der Waals surface area contributed by atoms with Gasteiger partial charge in [0.1, 0.15) is 4.88 Å². The van der Waals surface area contributed by atoms with Gasteiger partial charge >= 0.3 is 0 Å². The molecule has 2 atom stereocenters. The summed E-state index contributed by atoms with van der Waals surface area (Å²) >= 11 is 1.17. The minimum atomic E-state index is -3.15. The predicted molar refractivity (Wildman–Crippen MR) is 99.5 cm³/mol. The molecule has 2 aliphatic heterocycles. The molecular formula is C16H24N4O3S2. The van der Waals surface area contributed by atoms with Crippen LogP contribution in [0.1, 0.15) is 29.2 Å². The Labute approximate surface area is 152 Å². The molecule has 2 N–H and O–H groups in total. The molecule has 2 aliphatic rings. The lowest BCUT2D eigenvalue weighted by Crippen LogP contribution is -2.60. The molecule has 3 rings (SSSR count). The summed E-state index contributed by atoms with van der Waals surface area (Å²) in [5.41, 5.74) is 7.52. The lowest BCUT2D eigenvalue weighted by atomic mass is 10.0. The number of allylic oxidation sites excluding steroid dienone is 1. The average Bonchev–Trinajstić information content (AvgIpc) is 3.01. The molecule has 2 fully saturated rings. The molecule has 1 aromatic rings. The van der Waals surface area contributed by atoms with Crippen molar-refractivity contribution in [3.8, 4) is 0 Å². The standard InChI is InChI=1S/C16H24N4O3S2/c1-10(2)4-5-19-6-7-20(13-9-25(22,23)8-12(13)19)15(21)14-11(3)18-16(17)24-14/h4,12-13H,5-9H2,1-3H3,(H2,17,18)/t12-,13+/m1/s1. The Morgan fingerprint density at radius 1 is 1.32 bits per heavy atom. The van der Waals surface area contributed by atoms with Gasteiger partial charge in [-0.2, -0.15) is 0 Å². The zero-order valence-corrected chi connectivity index (χ0v) is 16.4. The van der Waals surface area contributed by atoms with Crippen LogP contribution < -0.4 is 5.73 Å². The fourth-order valence-electron chi connectivity index (χ4n) is 3.55. The van der Waals surface area contributed by atoms with Crippen molar-refractivity contribution in [1.29, 1.82) is 0 Å². The Hall–Kier alpha value is -1.45. The summed E-state index contributed by atoms with van der Waals surface area (Å²) in [5.74, 6) is -0.00938. The van der Waals surface area contributed by atoms with Crippen LogP contribution in [0.2, 0.25) is 0 Å². The number of nitrogens with two attached hydrogens (primary N) is 1. The highest BCUT2D eigenvalue weighted by molar-refractivity contribution is 7.91. The summed E-state index contributed by atoms with van der Waals surface area (Å²) in [7, 11) is -3.15. The van der Waals surface area contributed by atoms with Crippen molar-refractivity contribution in [1.82, 2.24) is 14.8 Å². The molecule has 0 aliphatic carbocycles. The van der Waals surface area contributed by atoms with E-state index in [9.17, 15) is 13.2 Å². The number of piperazine rings is 1. The van der Waals surface area contributed by atoms with Crippen molar-refractivity contribution in [3.63, 3.8) is 0 Å². The van der Waals surface area contributed by atoms with Crippen LogP contribution in [0.25, 0.3) is 0 Å². The van der Waals surface area contributed by atoms with Gasteiger partial charge in [0.15, 0.2) is 15.0 Å². The van der Waals surface area contributed by atoms with Gasteiger partial charge in [-0.15, -0.1) is 0 Å². The van der Waals surface area contributed by atoms with Crippen molar-refractivity contribution in [2.45, 2.75) is 32.9 Å². The molecule has 2 saturated heterocycles. The number of anilines is 1. The van der Waals surface area contributed by atoms with Gasteiger partial charge in [-0.3, -0.25) is 9.69 Å². The van der Waals surface area contributed by atoms with Crippen molar-refractivity contribution < 1.29 is 13.2 Å². The first-order chi connectivity index (χ1) is 11.7. The number of aromatic nitrogens is 1. The molecule has 9 heteroatoms. The average molecular weight is 385 g/mol. The summed E-state index contributed by atoms with van der Waals surface area (Å²) in [6.45, 7) is 7.71. The number of carbonyl (C=O) groups is 1. The van der Waals surface area contributed by atoms with E-state index in [1.165, 1.54) is 16.9 Å². The quantitative estimate of drug-likeness (QED) is 0.779. The molecule has 138 valence electrons. The number of aryl methyl sites for hydroxylation is 1. The number of nitrogen functional groups attached to an aromatic ring is 1. The Kier molecular flexibility index (Phi) is 4.91. The van der Waals surface area contributed by atoms with E-state index in [2.05, 4.69) is 16.0 Å². The lowest BCUT2D eigenvalue weighted by Gasteiger charge is -2.43. The smallest absolute Gasteiger partial charge is 0.266 e. The SMILES string of the molecule is CC(C)=CCN1CCN(C(=O)c2sc(N)nc2C)[C@H]2CS(=O)(=O)C[C@H]21. The molecule has 0 bridgehead atoms. The number of carbonyl (C=O) groups excluding carboxylic acids is 1. The number of hydrogen-bond acceptors (Lipinski definition) is 7. The zero-order chi connectivity index (χ0) is 18.4. The highest BCUT2D eigenvalue weighted by Crippen LogP contribution is 2.30. The third-order valence-electron chi connectivity index (χ3n) is 4.79. The minimum absolute atomic E-state index is 0.0298. The van der Waals surface area contributed by atoms with Gasteiger partial charge < -0.3 is 10.6 Å². The molecule has 0 spiro atoms. The maximum absolute atomic E-state index is 13.0. The molecule has 0 radical (unpaired) electrons. The van der Waals surface area contributed by atoms with Crippen LogP contribution in [0.3, 0.4) is 0 Å². The van der Waals surface area contributed by atoms with Gasteiger partial charge in [0.05, 0.1) is 23.2 Å². The van der Waals surface area contributed by atoms with Gasteiger partial charge in [-0.1, -0.05) is 23.0 Å². The van der Waals surface area contributed by atoms with Crippen molar-refractivity contribution in [2.75, 3.05) is 36.9 Å². The predicted octanol–water partition coefficient (Wildman–Crippen LogP) is 0.923. The summed E-state index contributed by atoms with van der Waals surface area (Å²) in [6, 6.07) is -0.455. The van der Waals surface area contributed by atoms with E-state index in [1.54, 1.807) is 11.8 Å². The van der Waals surface area contributed by atoms with Crippen molar-refractivity contribution in [2.24, 2.45) is 0 Å². The van der Waals surface area contributed by atoms with Gasteiger partial charge in [0, 0.05) is 25.7 Å². The second-order valence-corrected chi connectivity index (χ2v) is 10.1. The molecule has 7 nitrogen and oxygen atoms in total. The van der Waals surface area contributed by atoms with Gasteiger partial charge in [0.25, 0.3) is 5.91 Å². The minimum Gasteiger partial charge on any atom is -0.375 e. The van der Waals surface area contributed by atoms with Gasteiger partial charge in [0.2, 0.25) is 0 Å². The highest BCUT2D eigenvalue weighted by Gasteiger charge is 2.48. The van der Waals surface area contributed by atoms with Gasteiger partial charge in [-0.05, 0) is 20.8 Å². The number of sulfone groups is 1. The summed E-state index contributed by atoms with van der Waals surface area (Å²) in [5, 5.41) is 0.360. The molecular weight excluding hydrogens is 360 g/mol. The maximum Gasteiger partial charge on any atom is 0.266 e. The fourth-order valence-corrected chi connectivity index (χ4v) is 6.35. The summed E-state index contributed by atoms with van der Waals surface area (Å²) < 4.78 is 24.5. The molecule has 0 saturated carbocycles. The Morgan fingerprint density at radius 2 is 2.00 bits per heavy atom. The van der Waals surface area contributed by atoms with E-state index >= 15 is 0 Å². The van der Waals surface area contributed by atoms with Crippen LogP contribution in [-0.4, -0.2) is 72.3 Å². The Balaban J connectivity index is 1.87. The summed E-state index contributed by atoms with van der Waals surface area (Å²) in [4.78, 5) is 21.5. The van der Waals surface area contributed by atoms with Crippen LogP contribution in [0.4, 0.5) is 5.13 Å². The fraction of sp³-hybridized carbons (Fsp3) is 0.625. The Morgan fingerprint density at radius 3 is 2.60 bits per heavy atom. The number of hydrogen-bond donors (Lipinski definition) is 1. The topological polar surface area (TPSA) is 96.6 Å². The molecule has 25 heavy (non-hydrogen) atoms. The van der Waals surface area contributed by atoms with Crippen LogP contribution in [-0.2, 0) is 9.84 Å². The van der Waals surface area contributed by atoms with E-state index in [0.717, 1.165) is 0 Å². The van der Waals surface area contributed by atoms with Crippen molar-refractivity contribution >= 4 is 32.2 Å². The molecule has 1 aromatic heterocycles. The van der Waals surface area contributed by atoms with E-state index in [1.807, 2.05) is 13.8 Å². The molecule has 1 amide bonds. The van der Waals surface area contributed by atoms with E-state index in [-0.39, 0.29) is 29.5 Å². The van der Waals surface area contributed by atoms with Crippen LogP contribution in [0.5, 0.6) is 0 Å². The normalized spacial score (nSPS) is 25.6. The largest absolute Gasteiger partial charge is 0.375 e. The van der Waals surface area contributed by atoms with Crippen LogP contribution in [0.15, 0.2) is 11.6 Å². The van der Waals surface area contributed by atoms with Gasteiger partial charge in [-0.25, -0.2) is 13.4 Å². The van der Waals surface area contributed by atoms with Crippen molar-refractivity contribution in [3.05, 3.63) is 22.2 Å². The first-order valence-corrected chi connectivity index (χ1v) is 10.9. The number of nitrogens with zero attached hydrogens (tertiary/aromatic N) is 3. The molecule has 3 heterocycles. The molecule has 0 aromatic carbocycles. The monoisotopic (exact) mass is 384 g/mol. The Bertz CT molecular complexity index is 811. The maximum atomic E-state index is 13.0.